The van der Waals surface area contributed by atoms with E-state index >= 15 is 0 Å². The van der Waals surface area contributed by atoms with Crippen LogP contribution in [0.5, 0.6) is 0 Å². The summed E-state index contributed by atoms with van der Waals surface area (Å²) < 4.78 is 61.7. The molecule has 1 N–H and O–H groups in total. The van der Waals surface area contributed by atoms with Gasteiger partial charge in [0.15, 0.2) is 17.9 Å². The molecule has 32 heavy (non-hydrogen) atoms. The number of aryl methyl sites for hydroxylation is 3. The van der Waals surface area contributed by atoms with Crippen LogP contribution in [0.1, 0.15) is 43.8 Å². The average Bonchev–Trinajstić information content (AvgIpc) is 3.19. The van der Waals surface area contributed by atoms with Crippen LogP contribution >= 0.6 is 7.81 Å². The van der Waals surface area contributed by atoms with Crippen molar-refractivity contribution in [2.45, 2.75) is 52.5 Å². The molecule has 0 spiro atoms. The van der Waals surface area contributed by atoms with E-state index in [4.69, 9.17) is 0 Å². The monoisotopic (exact) mass is 479 g/mol. The first-order chi connectivity index (χ1) is 14.8. The average molecular weight is 479 g/mol. The molecule has 3 nitrogen and oxygen atoms in total. The zero-order chi connectivity index (χ0) is 23.9. The summed E-state index contributed by atoms with van der Waals surface area (Å²) in [5.74, 6) is 0. The van der Waals surface area contributed by atoms with Gasteiger partial charge in [0.05, 0.1) is 6.33 Å². The van der Waals surface area contributed by atoms with E-state index in [2.05, 4.69) is 70.8 Å². The summed E-state index contributed by atoms with van der Waals surface area (Å²) in [6.45, 7) is 5.52. The van der Waals surface area contributed by atoms with Crippen LogP contribution in [0.25, 0.3) is 11.1 Å². The number of pyridine rings is 1. The fraction of sp³-hybridized carbons (Fsp3) is 0.364. The standard InChI is InChI=1S/C22H28N3.F6P/c1-3-8-21-14-19(18-10-6-5-7-11-18)15-22(9-4-2)25(21)13-12-20-16-23-17-24-20;1-7(2,3,4,5)6/h5-7,10-11,14-17H,3-4,8-9,12-13H2,1-2H3,(H,23,24);/q+1;-1. The van der Waals surface area contributed by atoms with Crippen LogP contribution in [0.3, 0.4) is 0 Å². The van der Waals surface area contributed by atoms with Crippen LogP contribution in [0, 0.1) is 0 Å². The van der Waals surface area contributed by atoms with E-state index in [0.29, 0.717) is 0 Å². The second-order valence-corrected chi connectivity index (χ2v) is 9.45. The Hall–Kier alpha value is -2.41. The number of nitrogens with one attached hydrogen (secondary N) is 1. The molecular weight excluding hydrogens is 451 g/mol. The third kappa shape index (κ3) is 10.3. The third-order valence-corrected chi connectivity index (χ3v) is 4.62. The molecule has 0 bridgehead atoms. The van der Waals surface area contributed by atoms with Crippen molar-refractivity contribution >= 4 is 7.81 Å². The number of hydrogen-bond donors (Lipinski definition) is 1. The Morgan fingerprint density at radius 1 is 0.812 bits per heavy atom. The van der Waals surface area contributed by atoms with Crippen LogP contribution in [0.4, 0.5) is 25.2 Å². The molecule has 0 saturated carbocycles. The number of benzene rings is 1. The van der Waals surface area contributed by atoms with Crippen molar-refractivity contribution in [2.75, 3.05) is 0 Å². The second-order valence-electron chi connectivity index (χ2n) is 7.53. The minimum atomic E-state index is -10.7. The Labute approximate surface area is 183 Å². The van der Waals surface area contributed by atoms with Crippen LogP contribution in [0.2, 0.25) is 0 Å². The molecule has 0 aliphatic carbocycles. The molecule has 0 unspecified atom stereocenters. The molecule has 0 atom stereocenters. The van der Waals surface area contributed by atoms with Crippen LogP contribution in [-0.4, -0.2) is 9.97 Å². The van der Waals surface area contributed by atoms with Crippen molar-refractivity contribution < 1.29 is 29.7 Å². The molecule has 178 valence electrons. The Balaban J connectivity index is 0.000000451. The Kier molecular flexibility index (Phi) is 7.76. The number of H-pyrrole nitrogens is 1. The van der Waals surface area contributed by atoms with Gasteiger partial charge in [-0.25, -0.2) is 4.98 Å². The van der Waals surface area contributed by atoms with Gasteiger partial charge < -0.3 is 4.98 Å². The molecule has 2 aromatic heterocycles. The summed E-state index contributed by atoms with van der Waals surface area (Å²) >= 11 is 0. The van der Waals surface area contributed by atoms with Gasteiger partial charge in [0.25, 0.3) is 0 Å². The van der Waals surface area contributed by atoms with Gasteiger partial charge in [-0.2, -0.15) is 4.57 Å². The molecule has 0 aliphatic heterocycles. The minimum absolute atomic E-state index is 0.989. The van der Waals surface area contributed by atoms with Gasteiger partial charge in [0.1, 0.15) is 0 Å². The van der Waals surface area contributed by atoms with Crippen molar-refractivity contribution in [3.05, 3.63) is 72.1 Å². The number of rotatable bonds is 8. The Bertz CT molecular complexity index is 950. The summed E-state index contributed by atoms with van der Waals surface area (Å²) in [4.78, 5) is 7.36. The van der Waals surface area contributed by atoms with Crippen LogP contribution in [-0.2, 0) is 25.8 Å². The topological polar surface area (TPSA) is 32.6 Å². The summed E-state index contributed by atoms with van der Waals surface area (Å²) in [5, 5.41) is 0. The molecule has 2 heterocycles. The molecule has 3 aromatic rings. The zero-order valence-corrected chi connectivity index (χ0v) is 18.9. The van der Waals surface area contributed by atoms with Gasteiger partial charge in [0.2, 0.25) is 0 Å². The predicted molar refractivity (Wildman–Crippen MR) is 116 cm³/mol. The van der Waals surface area contributed by atoms with E-state index in [9.17, 15) is 25.2 Å². The van der Waals surface area contributed by atoms with Gasteiger partial charge in [-0.3, -0.25) is 0 Å². The fourth-order valence-corrected chi connectivity index (χ4v) is 3.41. The summed E-state index contributed by atoms with van der Waals surface area (Å²) in [7, 11) is -10.7. The molecule has 1 aromatic carbocycles. The van der Waals surface area contributed by atoms with Crippen molar-refractivity contribution in [2.24, 2.45) is 0 Å². The molecule has 0 radical (unpaired) electrons. The van der Waals surface area contributed by atoms with Crippen molar-refractivity contribution in [1.29, 1.82) is 0 Å². The van der Waals surface area contributed by atoms with Gasteiger partial charge >= 0.3 is 33.0 Å². The van der Waals surface area contributed by atoms with Crippen molar-refractivity contribution in [3.63, 3.8) is 0 Å². The maximum absolute atomic E-state index is 10.7. The van der Waals surface area contributed by atoms with Crippen molar-refractivity contribution in [1.82, 2.24) is 9.97 Å². The van der Waals surface area contributed by atoms with Gasteiger partial charge in [-0.15, -0.1) is 0 Å². The first kappa shape index (κ1) is 25.8. The van der Waals surface area contributed by atoms with E-state index in [1.165, 1.54) is 28.2 Å². The molecule has 0 aliphatic rings. The molecule has 0 fully saturated rings. The number of nitrogens with zero attached hydrogens (tertiary/aromatic N) is 2. The number of aromatic amines is 1. The van der Waals surface area contributed by atoms with Crippen LogP contribution in [0.15, 0.2) is 55.0 Å². The van der Waals surface area contributed by atoms with Crippen molar-refractivity contribution in [3.8, 4) is 11.1 Å². The summed E-state index contributed by atoms with van der Waals surface area (Å²) in [6, 6.07) is 15.5. The van der Waals surface area contributed by atoms with E-state index in [1.807, 2.05) is 6.20 Å². The van der Waals surface area contributed by atoms with Gasteiger partial charge in [-0.1, -0.05) is 44.2 Å². The first-order valence-corrected chi connectivity index (χ1v) is 12.4. The number of aromatic nitrogens is 3. The quantitative estimate of drug-likeness (QED) is 0.199. The molecule has 3 rings (SSSR count). The molecule has 0 amide bonds. The van der Waals surface area contributed by atoms with E-state index < -0.39 is 7.81 Å². The van der Waals surface area contributed by atoms with Gasteiger partial charge in [-0.05, 0) is 24.0 Å². The second kappa shape index (κ2) is 9.61. The number of hydrogen-bond acceptors (Lipinski definition) is 1. The Morgan fingerprint density at radius 3 is 1.78 bits per heavy atom. The number of halogens is 6. The van der Waals surface area contributed by atoms with Crippen LogP contribution < -0.4 is 4.57 Å². The molecular formula is C22H28F6N3P. The number of imidazole rings is 1. The molecule has 10 heteroatoms. The van der Waals surface area contributed by atoms with Gasteiger partial charge in [0, 0.05) is 43.3 Å². The normalized spacial score (nSPS) is 13.6. The first-order valence-electron chi connectivity index (χ1n) is 10.4. The van der Waals surface area contributed by atoms with E-state index in [0.717, 1.165) is 38.6 Å². The SMILES string of the molecule is CCCc1cc(-c2ccccc2)cc(CCC)[n+]1CCc1cnc[nH]1.F[P-](F)(F)(F)(F)F. The zero-order valence-electron chi connectivity index (χ0n) is 18.0. The summed E-state index contributed by atoms with van der Waals surface area (Å²) in [5.41, 5.74) is 6.71. The maximum atomic E-state index is 9.87. The summed E-state index contributed by atoms with van der Waals surface area (Å²) in [6.07, 6.45) is 9.22. The predicted octanol–water partition coefficient (Wildman–Crippen LogP) is 7.89. The molecule has 0 saturated heterocycles. The Morgan fingerprint density at radius 2 is 1.34 bits per heavy atom. The van der Waals surface area contributed by atoms with E-state index in [1.54, 1.807) is 6.33 Å². The third-order valence-electron chi connectivity index (χ3n) is 4.62. The van der Waals surface area contributed by atoms with E-state index in [-0.39, 0.29) is 0 Å². The fourth-order valence-electron chi connectivity index (χ4n) is 3.41.